The first-order valence-electron chi connectivity index (χ1n) is 13.9. The molecule has 0 saturated heterocycles. The van der Waals surface area contributed by atoms with Crippen molar-refractivity contribution >= 4 is 21.7 Å². The number of fused-ring (bicyclic) bond motifs is 3. The molecule has 0 saturated carbocycles. The topological polar surface area (TPSA) is 17.1 Å². The Balaban J connectivity index is 1.47. The minimum Gasteiger partial charge on any atom is -0.294 e. The molecular formula is C39H27BrO. The van der Waals surface area contributed by atoms with E-state index in [1.165, 1.54) is 33.4 Å². The van der Waals surface area contributed by atoms with Gasteiger partial charge in [0.15, 0.2) is 5.78 Å². The lowest BCUT2D eigenvalue weighted by Crippen LogP contribution is -2.28. The van der Waals surface area contributed by atoms with Crippen LogP contribution in [0.3, 0.4) is 0 Å². The van der Waals surface area contributed by atoms with Crippen LogP contribution in [0, 0.1) is 0 Å². The summed E-state index contributed by atoms with van der Waals surface area (Å²) >= 11 is 3.51. The Hall–Kier alpha value is -4.53. The van der Waals surface area contributed by atoms with E-state index in [-0.39, 0.29) is 5.78 Å². The Morgan fingerprint density at radius 3 is 1.80 bits per heavy atom. The molecule has 196 valence electrons. The fourth-order valence-electron chi connectivity index (χ4n) is 6.59. The van der Waals surface area contributed by atoms with E-state index in [4.69, 9.17) is 0 Å². The third-order valence-corrected chi connectivity index (χ3v) is 8.78. The zero-order chi connectivity index (χ0) is 27.8. The highest BCUT2D eigenvalue weighted by Crippen LogP contribution is 2.58. The SMILES string of the molecule is O=C(Cc1ccccc1-c1cccc2c1-c1ccccc1C2(c1ccccc1)c1ccccc1)c1cccc(Br)c1. The van der Waals surface area contributed by atoms with Gasteiger partial charge in [-0.05, 0) is 62.2 Å². The minimum absolute atomic E-state index is 0.106. The van der Waals surface area contributed by atoms with Crippen LogP contribution in [-0.4, -0.2) is 5.78 Å². The van der Waals surface area contributed by atoms with Crippen LogP contribution >= 0.6 is 15.9 Å². The quantitative estimate of drug-likeness (QED) is 0.176. The second-order valence-electron chi connectivity index (χ2n) is 10.5. The number of carbonyl (C=O) groups is 1. The van der Waals surface area contributed by atoms with Gasteiger partial charge in [0.05, 0.1) is 5.41 Å². The monoisotopic (exact) mass is 590 g/mol. The number of Topliss-reactive ketones (excluding diaryl/α,β-unsaturated/α-hetero) is 1. The maximum atomic E-state index is 13.4. The first-order chi connectivity index (χ1) is 20.2. The van der Waals surface area contributed by atoms with Gasteiger partial charge >= 0.3 is 0 Å². The summed E-state index contributed by atoms with van der Waals surface area (Å²) in [4.78, 5) is 13.4. The average Bonchev–Trinajstić information content (AvgIpc) is 3.34. The number of hydrogen-bond acceptors (Lipinski definition) is 1. The lowest BCUT2D eigenvalue weighted by Gasteiger charge is -2.34. The van der Waals surface area contributed by atoms with Crippen molar-refractivity contribution in [3.63, 3.8) is 0 Å². The van der Waals surface area contributed by atoms with Crippen molar-refractivity contribution in [2.24, 2.45) is 0 Å². The highest BCUT2D eigenvalue weighted by atomic mass is 79.9. The Bertz CT molecular complexity index is 1850. The zero-order valence-electron chi connectivity index (χ0n) is 22.4. The number of hydrogen-bond donors (Lipinski definition) is 0. The van der Waals surface area contributed by atoms with E-state index in [1.54, 1.807) is 0 Å². The molecule has 2 heteroatoms. The normalized spacial score (nSPS) is 12.9. The van der Waals surface area contributed by atoms with E-state index < -0.39 is 5.41 Å². The first-order valence-corrected chi connectivity index (χ1v) is 14.7. The molecule has 6 aromatic rings. The van der Waals surface area contributed by atoms with E-state index in [2.05, 4.69) is 137 Å². The van der Waals surface area contributed by atoms with E-state index in [0.717, 1.165) is 21.2 Å². The summed E-state index contributed by atoms with van der Waals surface area (Å²) in [6.07, 6.45) is 0.334. The fourth-order valence-corrected chi connectivity index (χ4v) is 6.99. The molecule has 1 aliphatic carbocycles. The maximum absolute atomic E-state index is 13.4. The molecule has 0 fully saturated rings. The van der Waals surface area contributed by atoms with Gasteiger partial charge in [0.2, 0.25) is 0 Å². The van der Waals surface area contributed by atoms with Gasteiger partial charge in [-0.15, -0.1) is 0 Å². The van der Waals surface area contributed by atoms with Crippen LogP contribution in [0.4, 0.5) is 0 Å². The molecule has 0 unspecified atom stereocenters. The molecule has 0 bridgehead atoms. The number of carbonyl (C=O) groups excluding carboxylic acids is 1. The molecule has 1 aliphatic rings. The Morgan fingerprint density at radius 1 is 0.537 bits per heavy atom. The second-order valence-corrected chi connectivity index (χ2v) is 11.4. The smallest absolute Gasteiger partial charge is 0.167 e. The molecule has 0 atom stereocenters. The van der Waals surface area contributed by atoms with Gasteiger partial charge < -0.3 is 0 Å². The molecule has 0 aromatic heterocycles. The molecule has 0 radical (unpaired) electrons. The highest BCUT2D eigenvalue weighted by molar-refractivity contribution is 9.10. The number of halogens is 1. The standard InChI is InChI=1S/C39H27BrO/c40-31-19-11-14-28(25-31)37(41)26-27-13-7-8-20-32(27)33-22-12-24-36-38(33)34-21-9-10-23-35(34)39(36,29-15-3-1-4-16-29)30-17-5-2-6-18-30/h1-25H,26H2. The van der Waals surface area contributed by atoms with Crippen LogP contribution in [0.5, 0.6) is 0 Å². The molecule has 1 nitrogen and oxygen atoms in total. The summed E-state index contributed by atoms with van der Waals surface area (Å²) in [5.74, 6) is 0.106. The van der Waals surface area contributed by atoms with Crippen molar-refractivity contribution in [2.45, 2.75) is 11.8 Å². The number of rotatable bonds is 6. The van der Waals surface area contributed by atoms with Crippen LogP contribution in [-0.2, 0) is 11.8 Å². The summed E-state index contributed by atoms with van der Waals surface area (Å²) in [7, 11) is 0. The summed E-state index contributed by atoms with van der Waals surface area (Å²) < 4.78 is 0.910. The van der Waals surface area contributed by atoms with E-state index in [0.29, 0.717) is 12.0 Å². The average molecular weight is 592 g/mol. The van der Waals surface area contributed by atoms with Gasteiger partial charge in [-0.3, -0.25) is 4.79 Å². The Labute approximate surface area is 249 Å². The van der Waals surface area contributed by atoms with Crippen LogP contribution in [0.25, 0.3) is 22.3 Å². The van der Waals surface area contributed by atoms with E-state index in [1.807, 2.05) is 30.3 Å². The Kier molecular flexibility index (Phi) is 6.49. The maximum Gasteiger partial charge on any atom is 0.167 e. The van der Waals surface area contributed by atoms with E-state index in [9.17, 15) is 4.79 Å². The van der Waals surface area contributed by atoms with Crippen molar-refractivity contribution in [2.75, 3.05) is 0 Å². The van der Waals surface area contributed by atoms with Gasteiger partial charge in [0, 0.05) is 16.5 Å². The van der Waals surface area contributed by atoms with Crippen LogP contribution < -0.4 is 0 Å². The molecule has 6 aromatic carbocycles. The summed E-state index contributed by atoms with van der Waals surface area (Å²) in [6, 6.07) is 53.2. The molecular weight excluding hydrogens is 564 g/mol. The number of benzene rings is 6. The van der Waals surface area contributed by atoms with Gasteiger partial charge in [-0.1, -0.05) is 155 Å². The third-order valence-electron chi connectivity index (χ3n) is 8.29. The first kappa shape index (κ1) is 25.4. The van der Waals surface area contributed by atoms with Gasteiger partial charge in [-0.2, -0.15) is 0 Å². The van der Waals surface area contributed by atoms with Crippen LogP contribution in [0.1, 0.15) is 38.2 Å². The third kappa shape index (κ3) is 4.18. The Morgan fingerprint density at radius 2 is 1.10 bits per heavy atom. The minimum atomic E-state index is -0.453. The predicted octanol–water partition coefficient (Wildman–Crippen LogP) is 9.90. The van der Waals surface area contributed by atoms with Gasteiger partial charge in [0.1, 0.15) is 0 Å². The molecule has 0 amide bonds. The van der Waals surface area contributed by atoms with Crippen molar-refractivity contribution in [3.05, 3.63) is 190 Å². The largest absolute Gasteiger partial charge is 0.294 e. The molecule has 0 N–H and O–H groups in total. The van der Waals surface area contributed by atoms with Gasteiger partial charge in [0.25, 0.3) is 0 Å². The van der Waals surface area contributed by atoms with Crippen molar-refractivity contribution in [1.29, 1.82) is 0 Å². The fraction of sp³-hybridized carbons (Fsp3) is 0.0513. The highest BCUT2D eigenvalue weighted by Gasteiger charge is 2.46. The summed E-state index contributed by atoms with van der Waals surface area (Å²) in [5, 5.41) is 0. The molecule has 41 heavy (non-hydrogen) atoms. The van der Waals surface area contributed by atoms with Gasteiger partial charge in [-0.25, -0.2) is 0 Å². The lowest BCUT2D eigenvalue weighted by molar-refractivity contribution is 0.0993. The van der Waals surface area contributed by atoms with E-state index >= 15 is 0 Å². The summed E-state index contributed by atoms with van der Waals surface area (Å²) in [5.41, 5.74) is 11.0. The molecule has 7 rings (SSSR count). The predicted molar refractivity (Wildman–Crippen MR) is 171 cm³/mol. The zero-order valence-corrected chi connectivity index (χ0v) is 24.0. The van der Waals surface area contributed by atoms with Crippen LogP contribution in [0.15, 0.2) is 156 Å². The molecule has 0 spiro atoms. The van der Waals surface area contributed by atoms with Crippen molar-refractivity contribution in [1.82, 2.24) is 0 Å². The van der Waals surface area contributed by atoms with Crippen molar-refractivity contribution in [3.8, 4) is 22.3 Å². The molecule has 0 heterocycles. The van der Waals surface area contributed by atoms with Crippen LogP contribution in [0.2, 0.25) is 0 Å². The molecule has 0 aliphatic heterocycles. The van der Waals surface area contributed by atoms with Crippen molar-refractivity contribution < 1.29 is 4.79 Å². The second kappa shape index (κ2) is 10.5. The summed E-state index contributed by atoms with van der Waals surface area (Å²) in [6.45, 7) is 0. The number of ketones is 1. The lowest BCUT2D eigenvalue weighted by atomic mass is 9.67.